The van der Waals surface area contributed by atoms with Crippen LogP contribution in [-0.2, 0) is 17.8 Å². The Morgan fingerprint density at radius 3 is 2.81 bits per heavy atom. The molecule has 1 aliphatic rings. The molecule has 4 heteroatoms. The third kappa shape index (κ3) is 3.10. The quantitative estimate of drug-likeness (QED) is 0.847. The number of carboxylic acids is 1. The Bertz CT molecular complexity index is 353. The molecule has 1 aliphatic heterocycles. The van der Waals surface area contributed by atoms with Crippen LogP contribution in [0.4, 0.5) is 0 Å². The number of carboxylic acid groups (broad SMARTS) is 1. The summed E-state index contributed by atoms with van der Waals surface area (Å²) in [4.78, 5) is 12.9. The Balaban J connectivity index is 1.88. The van der Waals surface area contributed by atoms with E-state index in [1.165, 1.54) is 19.3 Å². The lowest BCUT2D eigenvalue weighted by Gasteiger charge is -2.25. The van der Waals surface area contributed by atoms with E-state index < -0.39 is 5.97 Å². The number of hydrogen-bond acceptors (Lipinski definition) is 3. The number of aliphatic carboxylic acids is 1. The van der Waals surface area contributed by atoms with Crippen molar-refractivity contribution >= 4 is 5.97 Å². The smallest absolute Gasteiger partial charge is 0.311 e. The van der Waals surface area contributed by atoms with Crippen LogP contribution in [0.15, 0.2) is 16.7 Å². The largest absolute Gasteiger partial charge is 0.481 e. The summed E-state index contributed by atoms with van der Waals surface area (Å²) in [5.41, 5.74) is 1.08. The van der Waals surface area contributed by atoms with Crippen LogP contribution >= 0.6 is 0 Å². The third-order valence-electron chi connectivity index (χ3n) is 2.89. The normalized spacial score (nSPS) is 17.5. The van der Waals surface area contributed by atoms with Gasteiger partial charge in [-0.05, 0) is 32.0 Å². The zero-order chi connectivity index (χ0) is 11.4. The van der Waals surface area contributed by atoms with Gasteiger partial charge in [-0.25, -0.2) is 0 Å². The number of carbonyl (C=O) groups is 1. The number of furan rings is 1. The van der Waals surface area contributed by atoms with Crippen molar-refractivity contribution in [2.75, 3.05) is 13.1 Å². The Morgan fingerprint density at radius 2 is 2.12 bits per heavy atom. The van der Waals surface area contributed by atoms with Crippen LogP contribution in [-0.4, -0.2) is 29.1 Å². The average molecular weight is 223 g/mol. The molecule has 0 aliphatic carbocycles. The first kappa shape index (κ1) is 11.2. The number of nitrogens with zero attached hydrogens (tertiary/aromatic N) is 1. The number of hydrogen-bond donors (Lipinski definition) is 1. The molecule has 1 aromatic heterocycles. The predicted octanol–water partition coefficient (Wildman–Crippen LogP) is 1.89. The van der Waals surface area contributed by atoms with Crippen molar-refractivity contribution in [3.8, 4) is 0 Å². The van der Waals surface area contributed by atoms with Gasteiger partial charge in [0.1, 0.15) is 12.2 Å². The highest BCUT2D eigenvalue weighted by Crippen LogP contribution is 2.15. The van der Waals surface area contributed by atoms with Crippen LogP contribution in [0, 0.1) is 0 Å². The highest BCUT2D eigenvalue weighted by Gasteiger charge is 2.12. The van der Waals surface area contributed by atoms with Gasteiger partial charge in [-0.3, -0.25) is 9.69 Å². The second-order valence-corrected chi connectivity index (χ2v) is 4.33. The zero-order valence-electron chi connectivity index (χ0n) is 9.32. The Hall–Kier alpha value is -1.29. The fourth-order valence-corrected chi connectivity index (χ4v) is 2.13. The van der Waals surface area contributed by atoms with E-state index in [1.807, 2.05) is 6.07 Å². The Morgan fingerprint density at radius 1 is 1.38 bits per heavy atom. The topological polar surface area (TPSA) is 53.7 Å². The van der Waals surface area contributed by atoms with Gasteiger partial charge in [-0.1, -0.05) is 6.42 Å². The van der Waals surface area contributed by atoms with Gasteiger partial charge in [0.2, 0.25) is 0 Å². The zero-order valence-corrected chi connectivity index (χ0v) is 9.32. The van der Waals surface area contributed by atoms with E-state index in [0.29, 0.717) is 5.76 Å². The molecule has 16 heavy (non-hydrogen) atoms. The molecule has 0 amide bonds. The van der Waals surface area contributed by atoms with Gasteiger partial charge >= 0.3 is 5.97 Å². The molecular formula is C12H17NO3. The summed E-state index contributed by atoms with van der Waals surface area (Å²) < 4.78 is 5.21. The summed E-state index contributed by atoms with van der Waals surface area (Å²) in [5, 5.41) is 8.63. The molecule has 1 saturated heterocycles. The fourth-order valence-electron chi connectivity index (χ4n) is 2.13. The van der Waals surface area contributed by atoms with E-state index in [4.69, 9.17) is 9.52 Å². The van der Waals surface area contributed by atoms with Crippen molar-refractivity contribution in [3.63, 3.8) is 0 Å². The van der Waals surface area contributed by atoms with E-state index >= 15 is 0 Å². The Kier molecular flexibility index (Phi) is 3.62. The van der Waals surface area contributed by atoms with Gasteiger partial charge in [0.05, 0.1) is 6.26 Å². The van der Waals surface area contributed by atoms with Crippen LogP contribution in [0.1, 0.15) is 30.6 Å². The monoisotopic (exact) mass is 223 g/mol. The average Bonchev–Trinajstić information content (AvgIpc) is 2.66. The molecular weight excluding hydrogens is 206 g/mol. The molecule has 0 saturated carbocycles. The molecule has 0 bridgehead atoms. The minimum absolute atomic E-state index is 0.0278. The van der Waals surface area contributed by atoms with Gasteiger partial charge in [-0.2, -0.15) is 0 Å². The minimum atomic E-state index is -0.848. The maximum atomic E-state index is 10.5. The first-order valence-electron chi connectivity index (χ1n) is 5.74. The maximum absolute atomic E-state index is 10.5. The van der Waals surface area contributed by atoms with Crippen molar-refractivity contribution in [2.45, 2.75) is 32.2 Å². The lowest BCUT2D eigenvalue weighted by Crippen LogP contribution is -2.28. The second kappa shape index (κ2) is 5.16. The molecule has 0 aromatic carbocycles. The molecule has 0 atom stereocenters. The molecule has 0 radical (unpaired) electrons. The van der Waals surface area contributed by atoms with Gasteiger partial charge in [0, 0.05) is 12.1 Å². The lowest BCUT2D eigenvalue weighted by molar-refractivity contribution is -0.136. The SMILES string of the molecule is O=C(O)Cc1cc(CN2CCCCC2)co1. The van der Waals surface area contributed by atoms with Gasteiger partial charge < -0.3 is 9.52 Å². The van der Waals surface area contributed by atoms with Crippen molar-refractivity contribution in [1.29, 1.82) is 0 Å². The van der Waals surface area contributed by atoms with Crippen molar-refractivity contribution < 1.29 is 14.3 Å². The third-order valence-corrected chi connectivity index (χ3v) is 2.89. The van der Waals surface area contributed by atoms with Crippen molar-refractivity contribution in [2.24, 2.45) is 0 Å². The number of piperidine rings is 1. The van der Waals surface area contributed by atoms with E-state index in [9.17, 15) is 4.79 Å². The van der Waals surface area contributed by atoms with Crippen LogP contribution < -0.4 is 0 Å². The number of likely N-dealkylation sites (tertiary alicyclic amines) is 1. The van der Waals surface area contributed by atoms with Gasteiger partial charge in [-0.15, -0.1) is 0 Å². The summed E-state index contributed by atoms with van der Waals surface area (Å²) in [6, 6.07) is 1.85. The van der Waals surface area contributed by atoms with Crippen LogP contribution in [0.5, 0.6) is 0 Å². The van der Waals surface area contributed by atoms with E-state index in [2.05, 4.69) is 4.90 Å². The van der Waals surface area contributed by atoms with E-state index in [-0.39, 0.29) is 6.42 Å². The first-order valence-corrected chi connectivity index (χ1v) is 5.74. The van der Waals surface area contributed by atoms with Crippen LogP contribution in [0.25, 0.3) is 0 Å². The number of rotatable bonds is 4. The van der Waals surface area contributed by atoms with Crippen LogP contribution in [0.3, 0.4) is 0 Å². The fraction of sp³-hybridized carbons (Fsp3) is 0.583. The molecule has 2 heterocycles. The Labute approximate surface area is 94.9 Å². The molecule has 0 spiro atoms. The van der Waals surface area contributed by atoms with Crippen molar-refractivity contribution in [1.82, 2.24) is 4.90 Å². The lowest BCUT2D eigenvalue weighted by atomic mass is 10.1. The maximum Gasteiger partial charge on any atom is 0.311 e. The molecule has 88 valence electrons. The van der Waals surface area contributed by atoms with Gasteiger partial charge in [0.15, 0.2) is 0 Å². The minimum Gasteiger partial charge on any atom is -0.481 e. The van der Waals surface area contributed by atoms with Crippen molar-refractivity contribution in [3.05, 3.63) is 23.7 Å². The highest BCUT2D eigenvalue weighted by molar-refractivity contribution is 5.69. The second-order valence-electron chi connectivity index (χ2n) is 4.33. The molecule has 1 N–H and O–H groups in total. The van der Waals surface area contributed by atoms with E-state index in [1.54, 1.807) is 6.26 Å². The standard InChI is InChI=1S/C12H17NO3/c14-12(15)7-11-6-10(9-16-11)8-13-4-2-1-3-5-13/h6,9H,1-5,7-8H2,(H,14,15). The molecule has 2 rings (SSSR count). The van der Waals surface area contributed by atoms with Crippen LogP contribution in [0.2, 0.25) is 0 Å². The summed E-state index contributed by atoms with van der Waals surface area (Å²) >= 11 is 0. The molecule has 1 aromatic rings. The predicted molar refractivity (Wildman–Crippen MR) is 59.2 cm³/mol. The van der Waals surface area contributed by atoms with Gasteiger partial charge in [0.25, 0.3) is 0 Å². The molecule has 1 fully saturated rings. The molecule has 0 unspecified atom stereocenters. The summed E-state index contributed by atoms with van der Waals surface area (Å²) in [6.07, 6.45) is 5.50. The summed E-state index contributed by atoms with van der Waals surface area (Å²) in [7, 11) is 0. The summed E-state index contributed by atoms with van der Waals surface area (Å²) in [6.45, 7) is 3.15. The first-order chi connectivity index (χ1) is 7.74. The molecule has 4 nitrogen and oxygen atoms in total. The van der Waals surface area contributed by atoms with E-state index in [0.717, 1.165) is 25.2 Å². The summed E-state index contributed by atoms with van der Waals surface area (Å²) in [5.74, 6) is -0.307. The highest BCUT2D eigenvalue weighted by atomic mass is 16.4.